The molecule has 0 atom stereocenters. The van der Waals surface area contributed by atoms with Gasteiger partial charge in [0.15, 0.2) is 0 Å². The van der Waals surface area contributed by atoms with Gasteiger partial charge in [0.1, 0.15) is 0 Å². The van der Waals surface area contributed by atoms with Crippen LogP contribution < -0.4 is 10.7 Å². The second-order valence-corrected chi connectivity index (χ2v) is 2.60. The molecular formula is C7H15N3O. The summed E-state index contributed by atoms with van der Waals surface area (Å²) in [6.07, 6.45) is 0. The summed E-state index contributed by atoms with van der Waals surface area (Å²) in [7, 11) is 1.55. The zero-order valence-electron chi connectivity index (χ0n) is 7.43. The van der Waals surface area contributed by atoms with Crippen LogP contribution in [0.25, 0.3) is 0 Å². The Morgan fingerprint density at radius 2 is 2.00 bits per heavy atom. The first-order chi connectivity index (χ1) is 5.07. The van der Waals surface area contributed by atoms with E-state index in [0.717, 1.165) is 5.71 Å². The van der Waals surface area contributed by atoms with E-state index in [1.807, 2.05) is 20.8 Å². The van der Waals surface area contributed by atoms with Gasteiger partial charge in [0.2, 0.25) is 0 Å². The van der Waals surface area contributed by atoms with Gasteiger partial charge in [-0.2, -0.15) is 5.10 Å². The molecule has 0 bridgehead atoms. The average Bonchev–Trinajstić information content (AvgIpc) is 1.99. The molecule has 0 heterocycles. The quantitative estimate of drug-likeness (QED) is 0.455. The lowest BCUT2D eigenvalue weighted by Gasteiger charge is -2.03. The van der Waals surface area contributed by atoms with Crippen molar-refractivity contribution in [3.05, 3.63) is 0 Å². The molecule has 64 valence electrons. The predicted octanol–water partition coefficient (Wildman–Crippen LogP) is 0.947. The van der Waals surface area contributed by atoms with E-state index in [1.54, 1.807) is 7.05 Å². The van der Waals surface area contributed by atoms with Gasteiger partial charge < -0.3 is 5.32 Å². The summed E-state index contributed by atoms with van der Waals surface area (Å²) < 4.78 is 0. The highest BCUT2D eigenvalue weighted by atomic mass is 16.2. The van der Waals surface area contributed by atoms with Crippen molar-refractivity contribution in [3.63, 3.8) is 0 Å². The molecule has 0 aromatic heterocycles. The smallest absolute Gasteiger partial charge is 0.334 e. The molecule has 0 unspecified atom stereocenters. The third-order valence-electron chi connectivity index (χ3n) is 1.40. The number of urea groups is 1. The summed E-state index contributed by atoms with van der Waals surface area (Å²) in [6.45, 7) is 5.91. The van der Waals surface area contributed by atoms with Crippen molar-refractivity contribution in [1.29, 1.82) is 0 Å². The van der Waals surface area contributed by atoms with Crippen molar-refractivity contribution in [2.45, 2.75) is 20.8 Å². The summed E-state index contributed by atoms with van der Waals surface area (Å²) in [5.74, 6) is 0.368. The normalized spacial score (nSPS) is 11.5. The van der Waals surface area contributed by atoms with Crippen LogP contribution in [-0.4, -0.2) is 18.8 Å². The molecule has 2 N–H and O–H groups in total. The van der Waals surface area contributed by atoms with Gasteiger partial charge in [-0.1, -0.05) is 13.8 Å². The first-order valence-electron chi connectivity index (χ1n) is 3.59. The van der Waals surface area contributed by atoms with Crippen molar-refractivity contribution >= 4 is 11.7 Å². The first-order valence-corrected chi connectivity index (χ1v) is 3.59. The van der Waals surface area contributed by atoms with Gasteiger partial charge in [0.05, 0.1) is 0 Å². The third-order valence-corrected chi connectivity index (χ3v) is 1.40. The Balaban J connectivity index is 3.82. The van der Waals surface area contributed by atoms with Gasteiger partial charge in [0.25, 0.3) is 0 Å². The number of hydrazone groups is 1. The Bertz CT molecular complexity index is 163. The Morgan fingerprint density at radius 1 is 1.45 bits per heavy atom. The maximum absolute atomic E-state index is 10.6. The standard InChI is InChI=1S/C7H15N3O/c1-5(2)6(3)9-10-7(11)8-4/h5H,1-4H3,(H2,8,10,11)/b9-6+. The van der Waals surface area contributed by atoms with Crippen LogP contribution >= 0.6 is 0 Å². The molecule has 0 fully saturated rings. The fourth-order valence-corrected chi connectivity index (χ4v) is 0.324. The third kappa shape index (κ3) is 4.36. The topological polar surface area (TPSA) is 53.5 Å². The van der Waals surface area contributed by atoms with Crippen LogP contribution in [0.3, 0.4) is 0 Å². The van der Waals surface area contributed by atoms with Crippen molar-refractivity contribution in [2.75, 3.05) is 7.05 Å². The summed E-state index contributed by atoms with van der Waals surface area (Å²) in [5.41, 5.74) is 3.26. The van der Waals surface area contributed by atoms with Crippen molar-refractivity contribution in [2.24, 2.45) is 11.0 Å². The highest BCUT2D eigenvalue weighted by Gasteiger charge is 1.98. The van der Waals surface area contributed by atoms with E-state index in [9.17, 15) is 4.79 Å². The number of nitrogens with zero attached hydrogens (tertiary/aromatic N) is 1. The fraction of sp³-hybridized carbons (Fsp3) is 0.714. The van der Waals surface area contributed by atoms with Gasteiger partial charge in [-0.05, 0) is 12.8 Å². The number of rotatable bonds is 2. The number of hydrogen-bond acceptors (Lipinski definition) is 2. The van der Waals surface area contributed by atoms with E-state index in [0.29, 0.717) is 5.92 Å². The molecule has 4 heteroatoms. The lowest BCUT2D eigenvalue weighted by Crippen LogP contribution is -2.29. The maximum atomic E-state index is 10.6. The Morgan fingerprint density at radius 3 is 2.36 bits per heavy atom. The van der Waals surface area contributed by atoms with Crippen molar-refractivity contribution in [1.82, 2.24) is 10.7 Å². The van der Waals surface area contributed by atoms with Crippen LogP contribution in [0.2, 0.25) is 0 Å². The predicted molar refractivity (Wildman–Crippen MR) is 45.5 cm³/mol. The molecule has 0 aliphatic heterocycles. The Kier molecular flexibility index (Phi) is 4.26. The number of carbonyl (C=O) groups excluding carboxylic acids is 1. The molecule has 4 nitrogen and oxygen atoms in total. The number of amides is 2. The minimum Gasteiger partial charge on any atom is -0.340 e. The summed E-state index contributed by atoms with van der Waals surface area (Å²) in [4.78, 5) is 10.6. The molecule has 0 saturated heterocycles. The Hall–Kier alpha value is -1.06. The molecule has 2 amide bonds. The molecule has 0 aromatic rings. The van der Waals surface area contributed by atoms with Gasteiger partial charge in [-0.3, -0.25) is 0 Å². The molecule has 11 heavy (non-hydrogen) atoms. The van der Waals surface area contributed by atoms with E-state index < -0.39 is 0 Å². The van der Waals surface area contributed by atoms with Gasteiger partial charge in [0, 0.05) is 12.8 Å². The summed E-state index contributed by atoms with van der Waals surface area (Å²) in [5, 5.41) is 6.25. The monoisotopic (exact) mass is 157 g/mol. The SMILES string of the molecule is CNC(=O)N/N=C(\C)C(C)C. The zero-order chi connectivity index (χ0) is 8.85. The van der Waals surface area contributed by atoms with Gasteiger partial charge in [-0.15, -0.1) is 0 Å². The molecule has 0 aliphatic rings. The van der Waals surface area contributed by atoms with E-state index in [2.05, 4.69) is 15.8 Å². The molecule has 0 rings (SSSR count). The van der Waals surface area contributed by atoms with Crippen LogP contribution in [0.1, 0.15) is 20.8 Å². The molecule has 0 radical (unpaired) electrons. The highest BCUT2D eigenvalue weighted by Crippen LogP contribution is 1.93. The molecule has 0 aliphatic carbocycles. The summed E-state index contributed by atoms with van der Waals surface area (Å²) in [6, 6.07) is -0.287. The van der Waals surface area contributed by atoms with Crippen LogP contribution in [0, 0.1) is 5.92 Å². The van der Waals surface area contributed by atoms with Crippen LogP contribution in [0.4, 0.5) is 4.79 Å². The van der Waals surface area contributed by atoms with Gasteiger partial charge in [-0.25, -0.2) is 10.2 Å². The molecular weight excluding hydrogens is 142 g/mol. The summed E-state index contributed by atoms with van der Waals surface area (Å²) >= 11 is 0. The zero-order valence-corrected chi connectivity index (χ0v) is 7.43. The van der Waals surface area contributed by atoms with Crippen LogP contribution in [0.15, 0.2) is 5.10 Å². The molecule has 0 saturated carbocycles. The van der Waals surface area contributed by atoms with Crippen LogP contribution in [-0.2, 0) is 0 Å². The Labute approximate surface area is 67.1 Å². The minimum absolute atomic E-state index is 0.287. The fourth-order valence-electron chi connectivity index (χ4n) is 0.324. The molecule has 0 aromatic carbocycles. The largest absolute Gasteiger partial charge is 0.340 e. The van der Waals surface area contributed by atoms with E-state index in [1.165, 1.54) is 0 Å². The maximum Gasteiger partial charge on any atom is 0.334 e. The number of nitrogens with one attached hydrogen (secondary N) is 2. The lowest BCUT2D eigenvalue weighted by molar-refractivity contribution is 0.243. The minimum atomic E-state index is -0.287. The van der Waals surface area contributed by atoms with Crippen molar-refractivity contribution in [3.8, 4) is 0 Å². The highest BCUT2D eigenvalue weighted by molar-refractivity contribution is 5.85. The number of carbonyl (C=O) groups is 1. The average molecular weight is 157 g/mol. The van der Waals surface area contributed by atoms with E-state index in [4.69, 9.17) is 0 Å². The lowest BCUT2D eigenvalue weighted by atomic mass is 10.1. The second kappa shape index (κ2) is 4.71. The van der Waals surface area contributed by atoms with E-state index in [-0.39, 0.29) is 6.03 Å². The van der Waals surface area contributed by atoms with E-state index >= 15 is 0 Å². The first kappa shape index (κ1) is 9.94. The number of hydrogen-bond donors (Lipinski definition) is 2. The van der Waals surface area contributed by atoms with Crippen LogP contribution in [0.5, 0.6) is 0 Å². The second-order valence-electron chi connectivity index (χ2n) is 2.60. The van der Waals surface area contributed by atoms with Crippen molar-refractivity contribution < 1.29 is 4.79 Å². The van der Waals surface area contributed by atoms with Gasteiger partial charge >= 0.3 is 6.03 Å². The molecule has 0 spiro atoms.